The molecule has 0 radical (unpaired) electrons. The molecule has 56 heavy (non-hydrogen) atoms. The normalized spacial score (nSPS) is 11.9. The van der Waals surface area contributed by atoms with E-state index in [0.29, 0.717) is 0 Å². The van der Waals surface area contributed by atoms with Crippen LogP contribution in [-0.2, 0) is 0 Å². The third-order valence-electron chi connectivity index (χ3n) is 10.3. The zero-order chi connectivity index (χ0) is 38.5. The van der Waals surface area contributed by atoms with Crippen LogP contribution in [0.5, 0.6) is 0 Å². The summed E-state index contributed by atoms with van der Waals surface area (Å²) in [5.41, 5.74) is 15.9. The molecule has 0 saturated heterocycles. The van der Waals surface area contributed by atoms with Gasteiger partial charge in [0.2, 0.25) is 0 Å². The van der Waals surface area contributed by atoms with Crippen LogP contribution in [0, 0.1) is 13.8 Å². The van der Waals surface area contributed by atoms with E-state index < -0.39 is 11.9 Å². The molecule has 7 aromatic rings. The van der Waals surface area contributed by atoms with Crippen molar-refractivity contribution < 1.29 is 19.8 Å². The third kappa shape index (κ3) is 6.19. The van der Waals surface area contributed by atoms with Crippen molar-refractivity contribution in [2.45, 2.75) is 13.8 Å². The predicted octanol–water partition coefficient (Wildman–Crippen LogP) is 11.3. The highest BCUT2D eigenvalue weighted by molar-refractivity contribution is 6.00. The minimum Gasteiger partial charge on any atom is -0.478 e. The Bertz CT molecular complexity index is 2750. The number of hydrogen-bond donors (Lipinski definition) is 4. The van der Waals surface area contributed by atoms with Gasteiger partial charge in [-0.3, -0.25) is 0 Å². The van der Waals surface area contributed by atoms with Gasteiger partial charge in [-0.25, -0.2) is 19.6 Å². The second-order valence-electron chi connectivity index (χ2n) is 14.0. The first-order valence-corrected chi connectivity index (χ1v) is 18.2. The van der Waals surface area contributed by atoms with Crippen LogP contribution in [0.2, 0.25) is 0 Å². The Hall–Kier alpha value is -7.58. The summed E-state index contributed by atoms with van der Waals surface area (Å²) in [5.74, 6) is -1.98. The van der Waals surface area contributed by atoms with Crippen LogP contribution in [0.1, 0.15) is 54.6 Å². The minimum absolute atomic E-state index is 0.200. The Balaban J connectivity index is 1.44. The maximum Gasteiger partial charge on any atom is 0.335 e. The zero-order valence-electron chi connectivity index (χ0n) is 30.5. The lowest BCUT2D eigenvalue weighted by Crippen LogP contribution is -1.95. The van der Waals surface area contributed by atoms with Gasteiger partial charge in [-0.15, -0.1) is 0 Å². The smallest absolute Gasteiger partial charge is 0.335 e. The van der Waals surface area contributed by atoms with E-state index in [1.165, 1.54) is 0 Å². The molecule has 270 valence electrons. The number of aromatic nitrogens is 4. The number of nitrogens with zero attached hydrogens (tertiary/aromatic N) is 2. The van der Waals surface area contributed by atoms with Crippen molar-refractivity contribution in [1.82, 2.24) is 19.9 Å². The van der Waals surface area contributed by atoms with Crippen molar-refractivity contribution in [2.75, 3.05) is 0 Å². The molecule has 3 aromatic heterocycles. The van der Waals surface area contributed by atoms with Crippen LogP contribution in [-0.4, -0.2) is 42.1 Å². The summed E-state index contributed by atoms with van der Waals surface area (Å²) in [6, 6.07) is 38.6. The summed E-state index contributed by atoms with van der Waals surface area (Å²) in [7, 11) is 0. The van der Waals surface area contributed by atoms with Gasteiger partial charge in [0.1, 0.15) is 0 Å². The molecule has 0 amide bonds. The molecule has 9 rings (SSSR count). The van der Waals surface area contributed by atoms with Gasteiger partial charge in [0.25, 0.3) is 0 Å². The van der Waals surface area contributed by atoms with Crippen molar-refractivity contribution in [3.8, 4) is 44.5 Å². The number of carbonyl (C=O) groups is 2. The largest absolute Gasteiger partial charge is 0.478 e. The quantitative estimate of drug-likeness (QED) is 0.135. The van der Waals surface area contributed by atoms with Gasteiger partial charge in [-0.1, -0.05) is 83.9 Å². The fourth-order valence-electron chi connectivity index (χ4n) is 7.42. The molecular formula is C48H34N4O4. The van der Waals surface area contributed by atoms with Crippen LogP contribution in [0.15, 0.2) is 121 Å². The van der Waals surface area contributed by atoms with Crippen molar-refractivity contribution in [2.24, 2.45) is 0 Å². The van der Waals surface area contributed by atoms with E-state index in [-0.39, 0.29) is 11.1 Å². The lowest BCUT2D eigenvalue weighted by atomic mass is 10.0. The molecule has 0 unspecified atom stereocenters. The lowest BCUT2D eigenvalue weighted by molar-refractivity contribution is 0.0686. The third-order valence-corrected chi connectivity index (χ3v) is 10.3. The van der Waals surface area contributed by atoms with Crippen LogP contribution in [0.3, 0.4) is 0 Å². The molecule has 5 heterocycles. The second-order valence-corrected chi connectivity index (χ2v) is 14.0. The summed E-state index contributed by atoms with van der Waals surface area (Å²) < 4.78 is 0. The number of aromatic amines is 2. The van der Waals surface area contributed by atoms with Gasteiger partial charge in [-0.05, 0) is 109 Å². The maximum atomic E-state index is 11.8. The number of carboxylic acids is 2. The average Bonchev–Trinajstić information content (AvgIpc) is 4.05. The Labute approximate surface area is 321 Å². The zero-order valence-corrected chi connectivity index (χ0v) is 30.5. The molecule has 8 bridgehead atoms. The molecule has 2 aliphatic heterocycles. The topological polar surface area (TPSA) is 132 Å². The summed E-state index contributed by atoms with van der Waals surface area (Å²) in [6.07, 6.45) is 8.04. The lowest BCUT2D eigenvalue weighted by Gasteiger charge is -2.08. The van der Waals surface area contributed by atoms with Gasteiger partial charge in [0.05, 0.1) is 33.9 Å². The van der Waals surface area contributed by atoms with Crippen molar-refractivity contribution in [3.05, 3.63) is 166 Å². The number of aromatic carboxylic acids is 2. The molecule has 8 nitrogen and oxygen atoms in total. The minimum atomic E-state index is -0.991. The van der Waals surface area contributed by atoms with E-state index in [9.17, 15) is 19.8 Å². The Kier molecular flexibility index (Phi) is 8.36. The van der Waals surface area contributed by atoms with E-state index in [4.69, 9.17) is 9.97 Å². The van der Waals surface area contributed by atoms with E-state index in [2.05, 4.69) is 72.3 Å². The van der Waals surface area contributed by atoms with Gasteiger partial charge in [0.15, 0.2) is 0 Å². The molecule has 0 fully saturated rings. The molecule has 4 N–H and O–H groups in total. The number of hydrogen-bond acceptors (Lipinski definition) is 4. The van der Waals surface area contributed by atoms with Crippen molar-refractivity contribution >= 4 is 58.3 Å². The number of carboxylic acid groups (broad SMARTS) is 2. The van der Waals surface area contributed by atoms with E-state index in [0.717, 1.165) is 100 Å². The molecule has 0 spiro atoms. The summed E-state index contributed by atoms with van der Waals surface area (Å²) in [5, 5.41) is 19.4. The van der Waals surface area contributed by atoms with E-state index in [1.807, 2.05) is 72.8 Å². The van der Waals surface area contributed by atoms with Crippen LogP contribution >= 0.6 is 0 Å². The number of fused-ring (bicyclic) bond motifs is 8. The first-order valence-electron chi connectivity index (χ1n) is 18.2. The first-order chi connectivity index (χ1) is 27.2. The SMILES string of the molecule is Cc1ccc(-c2c3nc(c(-c4ccc(C(=O)O)cc4)c4ccc([nH]4)c(-c4ccc(C)cc4)c4nc(c(-c5ccc(C(=O)O)cc5)c5ccc2[nH]5)C=C4)C=C3)cc1. The number of benzene rings is 4. The van der Waals surface area contributed by atoms with Gasteiger partial charge in [0, 0.05) is 44.3 Å². The summed E-state index contributed by atoms with van der Waals surface area (Å²) in [4.78, 5) is 41.6. The Morgan fingerprint density at radius 1 is 0.393 bits per heavy atom. The molecule has 4 aromatic carbocycles. The average molecular weight is 731 g/mol. The van der Waals surface area contributed by atoms with Crippen molar-refractivity contribution in [3.63, 3.8) is 0 Å². The molecule has 0 saturated carbocycles. The molecule has 0 atom stereocenters. The number of H-pyrrole nitrogens is 2. The maximum absolute atomic E-state index is 11.8. The van der Waals surface area contributed by atoms with Crippen LogP contribution in [0.4, 0.5) is 0 Å². The fourth-order valence-corrected chi connectivity index (χ4v) is 7.42. The fraction of sp³-hybridized carbons (Fsp3) is 0.0417. The van der Waals surface area contributed by atoms with Gasteiger partial charge in [-0.2, -0.15) is 0 Å². The van der Waals surface area contributed by atoms with E-state index in [1.54, 1.807) is 24.3 Å². The molecule has 2 aliphatic rings. The monoisotopic (exact) mass is 730 g/mol. The van der Waals surface area contributed by atoms with Crippen molar-refractivity contribution in [1.29, 1.82) is 0 Å². The van der Waals surface area contributed by atoms with E-state index >= 15 is 0 Å². The number of nitrogens with one attached hydrogen (secondary N) is 2. The van der Waals surface area contributed by atoms with Crippen LogP contribution < -0.4 is 0 Å². The number of aryl methyl sites for hydroxylation is 2. The Morgan fingerprint density at radius 3 is 0.893 bits per heavy atom. The highest BCUT2D eigenvalue weighted by Gasteiger charge is 2.19. The van der Waals surface area contributed by atoms with Gasteiger partial charge >= 0.3 is 11.9 Å². The second kappa shape index (κ2) is 13.7. The molecule has 8 heteroatoms. The summed E-state index contributed by atoms with van der Waals surface area (Å²) >= 11 is 0. The Morgan fingerprint density at radius 2 is 0.643 bits per heavy atom. The number of rotatable bonds is 6. The first kappa shape index (κ1) is 34.2. The highest BCUT2D eigenvalue weighted by Crippen LogP contribution is 2.38. The summed E-state index contributed by atoms with van der Waals surface area (Å²) in [6.45, 7) is 4.11. The molecular weight excluding hydrogens is 697 g/mol. The van der Waals surface area contributed by atoms with Crippen LogP contribution in [0.25, 0.3) is 90.9 Å². The molecule has 0 aliphatic carbocycles. The van der Waals surface area contributed by atoms with Gasteiger partial charge < -0.3 is 20.2 Å². The standard InChI is InChI=1S/C48H34N4O4/c1-27-3-7-29(8-4-27)43-35-19-23-39(49-35)45(31-11-15-33(16-12-31)47(53)54)41-25-21-37(51-41)44(30-9-5-28(2)6-10-30)38-22-26-42(52-38)46(40-24-20-36(43)50-40)32-13-17-34(18-14-32)48(55)56/h3-26,49,52H,1-2H3,(H,53,54)(H,55,56). The predicted molar refractivity (Wildman–Crippen MR) is 224 cm³/mol. The highest BCUT2D eigenvalue weighted by atomic mass is 16.4.